The van der Waals surface area contributed by atoms with E-state index in [1.165, 1.54) is 0 Å². The summed E-state index contributed by atoms with van der Waals surface area (Å²) < 4.78 is 0. The highest BCUT2D eigenvalue weighted by Crippen LogP contribution is 2.30. The summed E-state index contributed by atoms with van der Waals surface area (Å²) >= 11 is 6.06. The van der Waals surface area contributed by atoms with E-state index >= 15 is 0 Å². The predicted octanol–water partition coefficient (Wildman–Crippen LogP) is 5.51. The lowest BCUT2D eigenvalue weighted by Crippen LogP contribution is -1.95. The third-order valence-corrected chi connectivity index (χ3v) is 3.08. The fourth-order valence-electron chi connectivity index (χ4n) is 1.80. The van der Waals surface area contributed by atoms with Gasteiger partial charge in [-0.3, -0.25) is 0 Å². The molecule has 2 aromatic rings. The summed E-state index contributed by atoms with van der Waals surface area (Å²) in [6.45, 7) is 6.19. The summed E-state index contributed by atoms with van der Waals surface area (Å²) in [7, 11) is 0. The average Bonchev–Trinajstić information content (AvgIpc) is 2.39. The molecule has 18 heavy (non-hydrogen) atoms. The van der Waals surface area contributed by atoms with Crippen LogP contribution in [0.1, 0.15) is 18.9 Å². The van der Waals surface area contributed by atoms with Gasteiger partial charge in [-0.05, 0) is 36.3 Å². The minimum Gasteiger partial charge on any atom is -0.355 e. The molecule has 0 radical (unpaired) electrons. The SMILES string of the molecule is C=C(CC)c1ccc(Cl)cc1Nc1ccccc1. The molecular weight excluding hydrogens is 242 g/mol. The smallest absolute Gasteiger partial charge is 0.0475 e. The summed E-state index contributed by atoms with van der Waals surface area (Å²) in [5.74, 6) is 0. The monoisotopic (exact) mass is 257 g/mol. The van der Waals surface area contributed by atoms with Crippen LogP contribution in [0.2, 0.25) is 5.02 Å². The molecule has 1 nitrogen and oxygen atoms in total. The molecule has 0 aliphatic rings. The Labute approximate surface area is 113 Å². The van der Waals surface area contributed by atoms with Crippen LogP contribution in [0.5, 0.6) is 0 Å². The minimum atomic E-state index is 0.723. The van der Waals surface area contributed by atoms with Gasteiger partial charge in [-0.25, -0.2) is 0 Å². The fraction of sp³-hybridized carbons (Fsp3) is 0.125. The number of anilines is 2. The maximum atomic E-state index is 6.06. The molecule has 2 heteroatoms. The lowest BCUT2D eigenvalue weighted by molar-refractivity contribution is 1.24. The van der Waals surface area contributed by atoms with Crippen LogP contribution in [0.4, 0.5) is 11.4 Å². The van der Waals surface area contributed by atoms with Gasteiger partial charge in [0.2, 0.25) is 0 Å². The molecule has 0 unspecified atom stereocenters. The summed E-state index contributed by atoms with van der Waals surface area (Å²) in [6.07, 6.45) is 0.922. The highest BCUT2D eigenvalue weighted by atomic mass is 35.5. The van der Waals surface area contributed by atoms with E-state index in [2.05, 4.69) is 18.8 Å². The number of hydrogen-bond acceptors (Lipinski definition) is 1. The van der Waals surface area contributed by atoms with Gasteiger partial charge >= 0.3 is 0 Å². The van der Waals surface area contributed by atoms with Crippen LogP contribution >= 0.6 is 11.6 Å². The van der Waals surface area contributed by atoms with Crippen molar-refractivity contribution >= 4 is 28.5 Å². The zero-order chi connectivity index (χ0) is 13.0. The molecular formula is C16H16ClN. The van der Waals surface area contributed by atoms with Crippen LogP contribution in [-0.2, 0) is 0 Å². The van der Waals surface area contributed by atoms with Gasteiger partial charge in [-0.15, -0.1) is 0 Å². The van der Waals surface area contributed by atoms with Crippen LogP contribution in [0, 0.1) is 0 Å². The molecule has 0 amide bonds. The molecule has 0 fully saturated rings. The van der Waals surface area contributed by atoms with Gasteiger partial charge < -0.3 is 5.32 Å². The van der Waals surface area contributed by atoms with Crippen molar-refractivity contribution in [3.8, 4) is 0 Å². The maximum absolute atomic E-state index is 6.06. The predicted molar refractivity (Wildman–Crippen MR) is 80.5 cm³/mol. The Morgan fingerprint density at radius 2 is 1.89 bits per heavy atom. The Hall–Kier alpha value is -1.73. The van der Waals surface area contributed by atoms with Crippen LogP contribution in [0.15, 0.2) is 55.1 Å². The molecule has 2 aromatic carbocycles. The summed E-state index contributed by atoms with van der Waals surface area (Å²) in [5, 5.41) is 4.11. The van der Waals surface area contributed by atoms with Crippen LogP contribution in [-0.4, -0.2) is 0 Å². The number of halogens is 1. The van der Waals surface area contributed by atoms with E-state index in [0.717, 1.165) is 34.0 Å². The van der Waals surface area contributed by atoms with Gasteiger partial charge in [0, 0.05) is 22.0 Å². The number of allylic oxidation sites excluding steroid dienone is 1. The van der Waals surface area contributed by atoms with Gasteiger partial charge in [0.1, 0.15) is 0 Å². The van der Waals surface area contributed by atoms with Crippen molar-refractivity contribution < 1.29 is 0 Å². The third kappa shape index (κ3) is 2.93. The van der Waals surface area contributed by atoms with Gasteiger partial charge in [0.15, 0.2) is 0 Å². The van der Waals surface area contributed by atoms with E-state index in [1.54, 1.807) is 0 Å². The Balaban J connectivity index is 2.36. The van der Waals surface area contributed by atoms with Crippen LogP contribution < -0.4 is 5.32 Å². The summed E-state index contributed by atoms with van der Waals surface area (Å²) in [4.78, 5) is 0. The number of benzene rings is 2. The largest absolute Gasteiger partial charge is 0.355 e. The van der Waals surface area contributed by atoms with Crippen molar-refractivity contribution in [3.05, 3.63) is 65.7 Å². The van der Waals surface area contributed by atoms with Crippen LogP contribution in [0.3, 0.4) is 0 Å². The van der Waals surface area contributed by atoms with Crippen LogP contribution in [0.25, 0.3) is 5.57 Å². The summed E-state index contributed by atoms with van der Waals surface area (Å²) in [5.41, 5.74) is 4.27. The van der Waals surface area contributed by atoms with Crippen molar-refractivity contribution in [1.82, 2.24) is 0 Å². The first-order chi connectivity index (χ1) is 8.70. The molecule has 0 heterocycles. The Bertz CT molecular complexity index is 546. The first kappa shape index (κ1) is 12.7. The summed E-state index contributed by atoms with van der Waals surface area (Å²) in [6, 6.07) is 15.9. The second kappa shape index (κ2) is 5.74. The van der Waals surface area contributed by atoms with E-state index in [1.807, 2.05) is 48.5 Å². The zero-order valence-corrected chi connectivity index (χ0v) is 11.2. The maximum Gasteiger partial charge on any atom is 0.0475 e. The first-order valence-corrected chi connectivity index (χ1v) is 6.38. The van der Waals surface area contributed by atoms with E-state index in [0.29, 0.717) is 0 Å². The number of para-hydroxylation sites is 1. The number of hydrogen-bond donors (Lipinski definition) is 1. The van der Waals surface area contributed by atoms with Crippen molar-refractivity contribution in [3.63, 3.8) is 0 Å². The van der Waals surface area contributed by atoms with Crippen molar-refractivity contribution in [1.29, 1.82) is 0 Å². The van der Waals surface area contributed by atoms with E-state index in [-0.39, 0.29) is 0 Å². The second-order valence-electron chi connectivity index (χ2n) is 4.14. The molecule has 0 aliphatic heterocycles. The third-order valence-electron chi connectivity index (χ3n) is 2.84. The first-order valence-electron chi connectivity index (χ1n) is 6.00. The number of rotatable bonds is 4. The topological polar surface area (TPSA) is 12.0 Å². The molecule has 0 saturated carbocycles. The molecule has 0 saturated heterocycles. The van der Waals surface area contributed by atoms with Crippen molar-refractivity contribution in [2.75, 3.05) is 5.32 Å². The standard InChI is InChI=1S/C16H16ClN/c1-3-12(2)15-10-9-13(17)11-16(15)18-14-7-5-4-6-8-14/h4-11,18H,2-3H2,1H3. The Kier molecular flexibility index (Phi) is 4.06. The molecule has 1 N–H and O–H groups in total. The normalized spacial score (nSPS) is 10.1. The zero-order valence-electron chi connectivity index (χ0n) is 10.4. The van der Waals surface area contributed by atoms with E-state index < -0.39 is 0 Å². The van der Waals surface area contributed by atoms with Gasteiger partial charge in [-0.1, -0.05) is 49.4 Å². The lowest BCUT2D eigenvalue weighted by atomic mass is 10.0. The molecule has 0 bridgehead atoms. The molecule has 92 valence electrons. The minimum absolute atomic E-state index is 0.723. The molecule has 0 spiro atoms. The van der Waals surface area contributed by atoms with Gasteiger partial charge in [-0.2, -0.15) is 0 Å². The Morgan fingerprint density at radius 1 is 1.17 bits per heavy atom. The second-order valence-corrected chi connectivity index (χ2v) is 4.57. The van der Waals surface area contributed by atoms with Gasteiger partial charge in [0.25, 0.3) is 0 Å². The Morgan fingerprint density at radius 3 is 2.56 bits per heavy atom. The van der Waals surface area contributed by atoms with Gasteiger partial charge in [0.05, 0.1) is 0 Å². The van der Waals surface area contributed by atoms with Crippen molar-refractivity contribution in [2.45, 2.75) is 13.3 Å². The quantitative estimate of drug-likeness (QED) is 0.762. The highest BCUT2D eigenvalue weighted by molar-refractivity contribution is 6.31. The molecule has 0 atom stereocenters. The molecule has 0 aromatic heterocycles. The highest BCUT2D eigenvalue weighted by Gasteiger charge is 2.06. The van der Waals surface area contributed by atoms with Crippen molar-refractivity contribution in [2.24, 2.45) is 0 Å². The average molecular weight is 258 g/mol. The fourth-order valence-corrected chi connectivity index (χ4v) is 1.97. The number of nitrogens with one attached hydrogen (secondary N) is 1. The lowest BCUT2D eigenvalue weighted by Gasteiger charge is -2.13. The molecule has 0 aliphatic carbocycles. The van der Waals surface area contributed by atoms with E-state index in [4.69, 9.17) is 11.6 Å². The van der Waals surface area contributed by atoms with E-state index in [9.17, 15) is 0 Å². The molecule has 2 rings (SSSR count).